The summed E-state index contributed by atoms with van der Waals surface area (Å²) in [6.45, 7) is 0.897. The second kappa shape index (κ2) is 3.07. The number of fused-ring (bicyclic) bond motifs is 1. The summed E-state index contributed by atoms with van der Waals surface area (Å²) in [4.78, 5) is 4.58. The van der Waals surface area contributed by atoms with E-state index >= 15 is 0 Å². The van der Waals surface area contributed by atoms with Crippen molar-refractivity contribution in [2.24, 2.45) is 0 Å². The Morgan fingerprint density at radius 2 is 2.07 bits per heavy atom. The second-order valence-electron chi connectivity index (χ2n) is 3.65. The summed E-state index contributed by atoms with van der Waals surface area (Å²) in [5.74, 6) is 0. The molecule has 1 fully saturated rings. The topological polar surface area (TPSA) is 25.4 Å². The molecule has 1 saturated heterocycles. The molecular formula is C12H11NO. The van der Waals surface area contributed by atoms with Gasteiger partial charge in [0.05, 0.1) is 18.2 Å². The van der Waals surface area contributed by atoms with Crippen LogP contribution in [0.25, 0.3) is 10.9 Å². The van der Waals surface area contributed by atoms with Gasteiger partial charge in [0.2, 0.25) is 0 Å². The van der Waals surface area contributed by atoms with E-state index in [2.05, 4.69) is 23.2 Å². The third-order valence-corrected chi connectivity index (χ3v) is 2.50. The molecule has 1 unspecified atom stereocenters. The summed E-state index contributed by atoms with van der Waals surface area (Å²) in [7, 11) is 0. The first kappa shape index (κ1) is 7.94. The number of epoxide rings is 1. The fourth-order valence-electron chi connectivity index (χ4n) is 1.64. The van der Waals surface area contributed by atoms with E-state index in [-0.39, 0.29) is 0 Å². The van der Waals surface area contributed by atoms with Crippen LogP contribution < -0.4 is 0 Å². The lowest BCUT2D eigenvalue weighted by Crippen LogP contribution is -1.96. The highest BCUT2D eigenvalue weighted by atomic mass is 16.6. The average molecular weight is 185 g/mol. The third kappa shape index (κ3) is 1.49. The fourth-order valence-corrected chi connectivity index (χ4v) is 1.64. The molecule has 1 aliphatic rings. The van der Waals surface area contributed by atoms with Crippen molar-refractivity contribution in [3.05, 3.63) is 42.1 Å². The van der Waals surface area contributed by atoms with Gasteiger partial charge >= 0.3 is 0 Å². The van der Waals surface area contributed by atoms with Gasteiger partial charge in [-0.25, -0.2) is 0 Å². The van der Waals surface area contributed by atoms with E-state index < -0.39 is 0 Å². The molecule has 0 radical (unpaired) electrons. The van der Waals surface area contributed by atoms with Gasteiger partial charge in [0, 0.05) is 17.5 Å². The first-order valence-corrected chi connectivity index (χ1v) is 4.88. The first-order valence-electron chi connectivity index (χ1n) is 4.88. The van der Waals surface area contributed by atoms with Crippen LogP contribution in [0.15, 0.2) is 36.4 Å². The maximum absolute atomic E-state index is 5.18. The van der Waals surface area contributed by atoms with Crippen LogP contribution >= 0.6 is 0 Å². The molecular weight excluding hydrogens is 174 g/mol. The lowest BCUT2D eigenvalue weighted by molar-refractivity contribution is 0.406. The summed E-state index contributed by atoms with van der Waals surface area (Å²) in [6.07, 6.45) is 1.37. The number of benzene rings is 1. The maximum Gasteiger partial charge on any atom is 0.0865 e. The standard InChI is InChI=1S/C12H11NO/c1-2-4-12-9(3-1)5-6-10(13-12)7-11-8-14-11/h1-6,11H,7-8H2. The number of ether oxygens (including phenoxy) is 1. The van der Waals surface area contributed by atoms with Crippen molar-refractivity contribution in [3.63, 3.8) is 0 Å². The van der Waals surface area contributed by atoms with E-state index in [1.165, 1.54) is 5.39 Å². The summed E-state index contributed by atoms with van der Waals surface area (Å²) in [6, 6.07) is 12.4. The van der Waals surface area contributed by atoms with Crippen LogP contribution in [0.3, 0.4) is 0 Å². The van der Waals surface area contributed by atoms with E-state index in [9.17, 15) is 0 Å². The molecule has 1 aliphatic heterocycles. The number of pyridine rings is 1. The third-order valence-electron chi connectivity index (χ3n) is 2.50. The van der Waals surface area contributed by atoms with Crippen LogP contribution in [-0.2, 0) is 11.2 Å². The van der Waals surface area contributed by atoms with Crippen LogP contribution in [0.4, 0.5) is 0 Å². The molecule has 1 atom stereocenters. The minimum absolute atomic E-state index is 0.420. The highest BCUT2D eigenvalue weighted by molar-refractivity contribution is 5.78. The molecule has 0 spiro atoms. The molecule has 0 bridgehead atoms. The number of para-hydroxylation sites is 1. The minimum atomic E-state index is 0.420. The number of aromatic nitrogens is 1. The molecule has 3 rings (SSSR count). The molecule has 1 aromatic heterocycles. The van der Waals surface area contributed by atoms with Crippen molar-refractivity contribution in [3.8, 4) is 0 Å². The van der Waals surface area contributed by atoms with Crippen molar-refractivity contribution < 1.29 is 4.74 Å². The van der Waals surface area contributed by atoms with Gasteiger partial charge in [-0.1, -0.05) is 24.3 Å². The van der Waals surface area contributed by atoms with Gasteiger partial charge < -0.3 is 4.74 Å². The van der Waals surface area contributed by atoms with Crippen molar-refractivity contribution in [2.75, 3.05) is 6.61 Å². The van der Waals surface area contributed by atoms with E-state index in [1.807, 2.05) is 18.2 Å². The Kier molecular flexibility index (Phi) is 1.74. The van der Waals surface area contributed by atoms with Crippen LogP contribution in [-0.4, -0.2) is 17.7 Å². The summed E-state index contributed by atoms with van der Waals surface area (Å²) in [5.41, 5.74) is 2.21. The van der Waals surface area contributed by atoms with Gasteiger partial charge in [-0.15, -0.1) is 0 Å². The van der Waals surface area contributed by atoms with Gasteiger partial charge in [0.25, 0.3) is 0 Å². The fraction of sp³-hybridized carbons (Fsp3) is 0.250. The number of hydrogen-bond acceptors (Lipinski definition) is 2. The van der Waals surface area contributed by atoms with Gasteiger partial charge in [-0.2, -0.15) is 0 Å². The molecule has 0 amide bonds. The lowest BCUT2D eigenvalue weighted by Gasteiger charge is -2.00. The number of rotatable bonds is 2. The molecule has 0 saturated carbocycles. The van der Waals surface area contributed by atoms with Gasteiger partial charge in [0.15, 0.2) is 0 Å². The highest BCUT2D eigenvalue weighted by Gasteiger charge is 2.23. The molecule has 2 heteroatoms. The smallest absolute Gasteiger partial charge is 0.0865 e. The van der Waals surface area contributed by atoms with Gasteiger partial charge in [-0.3, -0.25) is 4.98 Å². The Labute approximate surface area is 82.5 Å². The summed E-state index contributed by atoms with van der Waals surface area (Å²) in [5, 5.41) is 1.20. The van der Waals surface area contributed by atoms with Gasteiger partial charge in [-0.05, 0) is 12.1 Å². The molecule has 2 heterocycles. The zero-order valence-electron chi connectivity index (χ0n) is 7.81. The van der Waals surface area contributed by atoms with Crippen LogP contribution in [0, 0.1) is 0 Å². The molecule has 1 aromatic carbocycles. The largest absolute Gasteiger partial charge is 0.373 e. The molecule has 70 valence electrons. The Morgan fingerprint density at radius 3 is 2.93 bits per heavy atom. The van der Waals surface area contributed by atoms with Crippen molar-refractivity contribution >= 4 is 10.9 Å². The van der Waals surface area contributed by atoms with Gasteiger partial charge in [0.1, 0.15) is 0 Å². The quantitative estimate of drug-likeness (QED) is 0.670. The van der Waals surface area contributed by atoms with Crippen molar-refractivity contribution in [1.82, 2.24) is 4.98 Å². The SMILES string of the molecule is c1ccc2nc(CC3CO3)ccc2c1. The number of hydrogen-bond donors (Lipinski definition) is 0. The second-order valence-corrected chi connectivity index (χ2v) is 3.65. The zero-order valence-corrected chi connectivity index (χ0v) is 7.81. The Hall–Kier alpha value is -1.41. The Morgan fingerprint density at radius 1 is 1.21 bits per heavy atom. The molecule has 2 nitrogen and oxygen atoms in total. The normalized spacial score (nSPS) is 19.9. The molecule has 0 aliphatic carbocycles. The van der Waals surface area contributed by atoms with E-state index in [1.54, 1.807) is 0 Å². The monoisotopic (exact) mass is 185 g/mol. The van der Waals surface area contributed by atoms with E-state index in [4.69, 9.17) is 4.74 Å². The van der Waals surface area contributed by atoms with Crippen LogP contribution in [0.2, 0.25) is 0 Å². The predicted octanol–water partition coefficient (Wildman–Crippen LogP) is 2.18. The van der Waals surface area contributed by atoms with Crippen molar-refractivity contribution in [1.29, 1.82) is 0 Å². The molecule has 0 N–H and O–H groups in total. The van der Waals surface area contributed by atoms with Crippen LogP contribution in [0.5, 0.6) is 0 Å². The first-order chi connectivity index (χ1) is 6.92. The van der Waals surface area contributed by atoms with Crippen LogP contribution in [0.1, 0.15) is 5.69 Å². The van der Waals surface area contributed by atoms with E-state index in [0.29, 0.717) is 6.10 Å². The molecule has 2 aromatic rings. The predicted molar refractivity (Wildman–Crippen MR) is 55.2 cm³/mol. The highest BCUT2D eigenvalue weighted by Crippen LogP contribution is 2.17. The minimum Gasteiger partial charge on any atom is -0.373 e. The Bertz CT molecular complexity index is 463. The zero-order chi connectivity index (χ0) is 9.38. The average Bonchev–Trinajstić information content (AvgIpc) is 3.02. The van der Waals surface area contributed by atoms with Crippen molar-refractivity contribution in [2.45, 2.75) is 12.5 Å². The van der Waals surface area contributed by atoms with E-state index in [0.717, 1.165) is 24.2 Å². The molecule has 14 heavy (non-hydrogen) atoms. The lowest BCUT2D eigenvalue weighted by atomic mass is 10.1. The Balaban J connectivity index is 2.01. The number of nitrogens with zero attached hydrogens (tertiary/aromatic N) is 1. The maximum atomic E-state index is 5.18. The summed E-state index contributed by atoms with van der Waals surface area (Å²) >= 11 is 0. The summed E-state index contributed by atoms with van der Waals surface area (Å²) < 4.78 is 5.18.